The zero-order valence-electron chi connectivity index (χ0n) is 19.1. The molecule has 7 nitrogen and oxygen atoms in total. The second kappa shape index (κ2) is 8.61. The minimum atomic E-state index is 0.182. The standard InChI is InChI=1S/C28H22N6O/c1-2-21(35)12-20-9-8-17(15-30-20)19-11-24-27(33-34-28(24)31-16-19)26-13-23-22(6-3-7-25(23)32-26)18-5-4-10-29-14-18/h3-11,13-16,32H,2,12H2,1H3,(H,31,33,34). The average molecular weight is 459 g/mol. The van der Waals surface area contributed by atoms with Crippen molar-refractivity contribution in [2.24, 2.45) is 0 Å². The second-order valence-electron chi connectivity index (χ2n) is 8.49. The van der Waals surface area contributed by atoms with E-state index in [1.807, 2.05) is 37.4 Å². The molecule has 5 aromatic heterocycles. The molecule has 0 atom stereocenters. The number of ketones is 1. The number of carbonyl (C=O) groups excluding carboxylic acids is 1. The van der Waals surface area contributed by atoms with Crippen molar-refractivity contribution in [1.82, 2.24) is 30.1 Å². The number of pyridine rings is 3. The van der Waals surface area contributed by atoms with Crippen molar-refractivity contribution < 1.29 is 4.79 Å². The second-order valence-corrected chi connectivity index (χ2v) is 8.49. The number of H-pyrrole nitrogens is 2. The summed E-state index contributed by atoms with van der Waals surface area (Å²) in [5.41, 5.74) is 8.34. The highest BCUT2D eigenvalue weighted by molar-refractivity contribution is 6.01. The van der Waals surface area contributed by atoms with E-state index in [-0.39, 0.29) is 5.78 Å². The van der Waals surface area contributed by atoms with E-state index < -0.39 is 0 Å². The van der Waals surface area contributed by atoms with Crippen LogP contribution in [0.15, 0.2) is 79.4 Å². The Bertz CT molecular complexity index is 1670. The van der Waals surface area contributed by atoms with E-state index in [2.05, 4.69) is 60.5 Å². The van der Waals surface area contributed by atoms with Crippen molar-refractivity contribution in [2.45, 2.75) is 19.8 Å². The molecule has 0 unspecified atom stereocenters. The van der Waals surface area contributed by atoms with Crippen LogP contribution in [0, 0.1) is 0 Å². The van der Waals surface area contributed by atoms with Crippen LogP contribution in [-0.4, -0.2) is 35.9 Å². The fourth-order valence-corrected chi connectivity index (χ4v) is 4.35. The van der Waals surface area contributed by atoms with E-state index >= 15 is 0 Å². The Labute approximate surface area is 201 Å². The molecule has 0 bridgehead atoms. The molecule has 0 aliphatic rings. The summed E-state index contributed by atoms with van der Waals surface area (Å²) < 4.78 is 0. The smallest absolute Gasteiger partial charge is 0.181 e. The summed E-state index contributed by atoms with van der Waals surface area (Å²) in [6.45, 7) is 1.87. The third-order valence-corrected chi connectivity index (χ3v) is 6.25. The Balaban J connectivity index is 1.40. The molecule has 0 spiro atoms. The van der Waals surface area contributed by atoms with Gasteiger partial charge in [0.05, 0.1) is 11.4 Å². The first-order valence-electron chi connectivity index (χ1n) is 11.5. The van der Waals surface area contributed by atoms with Crippen LogP contribution in [0.2, 0.25) is 0 Å². The van der Waals surface area contributed by atoms with Crippen LogP contribution in [0.4, 0.5) is 0 Å². The summed E-state index contributed by atoms with van der Waals surface area (Å²) in [6.07, 6.45) is 8.13. The summed E-state index contributed by atoms with van der Waals surface area (Å²) in [5.74, 6) is 0.182. The lowest BCUT2D eigenvalue weighted by Gasteiger charge is -2.04. The third-order valence-electron chi connectivity index (χ3n) is 6.25. The molecular formula is C28H22N6O. The first-order valence-corrected chi connectivity index (χ1v) is 11.5. The molecule has 5 heterocycles. The van der Waals surface area contributed by atoms with E-state index in [9.17, 15) is 4.79 Å². The molecule has 6 aromatic rings. The molecule has 0 aliphatic heterocycles. The molecule has 2 N–H and O–H groups in total. The Hall–Kier alpha value is -4.65. The number of carbonyl (C=O) groups is 1. The van der Waals surface area contributed by atoms with Gasteiger partial charge in [0.2, 0.25) is 0 Å². The van der Waals surface area contributed by atoms with Crippen molar-refractivity contribution in [3.8, 4) is 33.6 Å². The molecule has 0 fully saturated rings. The molecule has 0 aliphatic carbocycles. The summed E-state index contributed by atoms with van der Waals surface area (Å²) in [5, 5.41) is 9.61. The maximum Gasteiger partial charge on any atom is 0.181 e. The Morgan fingerprint density at radius 3 is 2.60 bits per heavy atom. The molecular weight excluding hydrogens is 436 g/mol. The van der Waals surface area contributed by atoms with Gasteiger partial charge in [-0.05, 0) is 35.9 Å². The van der Waals surface area contributed by atoms with Gasteiger partial charge in [0.25, 0.3) is 0 Å². The number of fused-ring (bicyclic) bond motifs is 2. The fourth-order valence-electron chi connectivity index (χ4n) is 4.35. The first-order chi connectivity index (χ1) is 17.2. The highest BCUT2D eigenvalue weighted by atomic mass is 16.1. The van der Waals surface area contributed by atoms with Crippen LogP contribution >= 0.6 is 0 Å². The van der Waals surface area contributed by atoms with Crippen molar-refractivity contribution >= 4 is 27.7 Å². The number of hydrogen-bond acceptors (Lipinski definition) is 5. The van der Waals surface area contributed by atoms with Crippen molar-refractivity contribution in [3.63, 3.8) is 0 Å². The molecule has 6 rings (SSSR count). The Morgan fingerprint density at radius 2 is 1.80 bits per heavy atom. The molecule has 0 radical (unpaired) electrons. The monoisotopic (exact) mass is 458 g/mol. The van der Waals surface area contributed by atoms with E-state index in [1.54, 1.807) is 18.6 Å². The quantitative estimate of drug-likeness (QED) is 0.331. The molecule has 35 heavy (non-hydrogen) atoms. The van der Waals surface area contributed by atoms with Gasteiger partial charge in [-0.3, -0.25) is 19.9 Å². The molecule has 0 saturated heterocycles. The van der Waals surface area contributed by atoms with Gasteiger partial charge in [0.1, 0.15) is 5.78 Å². The molecule has 7 heteroatoms. The zero-order valence-corrected chi connectivity index (χ0v) is 19.1. The first kappa shape index (κ1) is 20.9. The van der Waals surface area contributed by atoms with E-state index in [0.717, 1.165) is 55.6 Å². The molecule has 0 saturated carbocycles. The number of nitrogens with zero attached hydrogens (tertiary/aromatic N) is 4. The van der Waals surface area contributed by atoms with E-state index in [0.29, 0.717) is 18.5 Å². The van der Waals surface area contributed by atoms with Gasteiger partial charge >= 0.3 is 0 Å². The number of benzene rings is 1. The van der Waals surface area contributed by atoms with Gasteiger partial charge in [-0.25, -0.2) is 4.98 Å². The molecule has 0 amide bonds. The van der Waals surface area contributed by atoms with E-state index in [4.69, 9.17) is 0 Å². The molecule has 1 aromatic carbocycles. The minimum absolute atomic E-state index is 0.182. The largest absolute Gasteiger partial charge is 0.353 e. The normalized spacial score (nSPS) is 11.3. The fraction of sp³-hybridized carbons (Fsp3) is 0.107. The van der Waals surface area contributed by atoms with Crippen molar-refractivity contribution in [1.29, 1.82) is 0 Å². The van der Waals surface area contributed by atoms with Gasteiger partial charge in [0.15, 0.2) is 5.65 Å². The number of aromatic nitrogens is 6. The van der Waals surface area contributed by atoms with Crippen LogP contribution in [0.5, 0.6) is 0 Å². The lowest BCUT2D eigenvalue weighted by atomic mass is 10.0. The maximum atomic E-state index is 11.7. The van der Waals surface area contributed by atoms with Gasteiger partial charge in [-0.1, -0.05) is 31.2 Å². The van der Waals surface area contributed by atoms with Gasteiger partial charge < -0.3 is 4.98 Å². The number of aromatic amines is 2. The lowest BCUT2D eigenvalue weighted by Crippen LogP contribution is -2.02. The third kappa shape index (κ3) is 3.87. The number of Topliss-reactive ketones (excluding diaryl/α,β-unsaturated/α-hetero) is 1. The predicted octanol–water partition coefficient (Wildman–Crippen LogP) is 5.75. The topological polar surface area (TPSA) is 100 Å². The number of nitrogens with one attached hydrogen (secondary N) is 2. The van der Waals surface area contributed by atoms with Crippen LogP contribution in [0.3, 0.4) is 0 Å². The Morgan fingerprint density at radius 1 is 0.886 bits per heavy atom. The predicted molar refractivity (Wildman–Crippen MR) is 137 cm³/mol. The maximum absolute atomic E-state index is 11.7. The summed E-state index contributed by atoms with van der Waals surface area (Å²) in [7, 11) is 0. The van der Waals surface area contributed by atoms with Gasteiger partial charge in [0, 0.05) is 76.3 Å². The van der Waals surface area contributed by atoms with Crippen LogP contribution in [-0.2, 0) is 11.2 Å². The number of hydrogen-bond donors (Lipinski definition) is 2. The highest BCUT2D eigenvalue weighted by Crippen LogP contribution is 2.34. The van der Waals surface area contributed by atoms with Gasteiger partial charge in [-0.15, -0.1) is 0 Å². The van der Waals surface area contributed by atoms with Gasteiger partial charge in [-0.2, -0.15) is 5.10 Å². The molecule has 170 valence electrons. The minimum Gasteiger partial charge on any atom is -0.353 e. The van der Waals surface area contributed by atoms with E-state index in [1.165, 1.54) is 0 Å². The van der Waals surface area contributed by atoms with Crippen molar-refractivity contribution in [3.05, 3.63) is 85.1 Å². The SMILES string of the molecule is CCC(=O)Cc1ccc(-c2cnc3n[nH]c(-c4cc5c(-c6cccnc6)cccc5[nH]4)c3c2)cn1. The summed E-state index contributed by atoms with van der Waals surface area (Å²) >= 11 is 0. The Kier molecular flexibility index (Phi) is 5.15. The lowest BCUT2D eigenvalue weighted by molar-refractivity contribution is -0.118. The van der Waals surface area contributed by atoms with Crippen LogP contribution < -0.4 is 0 Å². The van der Waals surface area contributed by atoms with Crippen molar-refractivity contribution in [2.75, 3.05) is 0 Å². The number of rotatable bonds is 6. The summed E-state index contributed by atoms with van der Waals surface area (Å²) in [4.78, 5) is 28.6. The average Bonchev–Trinajstić information content (AvgIpc) is 3.53. The summed E-state index contributed by atoms with van der Waals surface area (Å²) in [6, 6.07) is 18.3. The zero-order chi connectivity index (χ0) is 23.8. The van der Waals surface area contributed by atoms with Crippen LogP contribution in [0.1, 0.15) is 19.0 Å². The van der Waals surface area contributed by atoms with Crippen LogP contribution in [0.25, 0.3) is 55.6 Å². The highest BCUT2D eigenvalue weighted by Gasteiger charge is 2.15.